The molecule has 0 aromatic heterocycles. The largest absolute Gasteiger partial charge is 0.204 e. The minimum absolute atomic E-state index is 0.526. The van der Waals surface area contributed by atoms with E-state index in [1.54, 1.807) is 16.7 Å². The standard InChI is InChI=1S/C25H29F3/c1-2-3-16-6-10-21-19(12-16)8-9-20-13-17(7-11-22(20)21)4-5-18-14-23(26)25(28)24(27)15-18/h8-9,14-17H,2-7,10-13H2,1H3. The predicted molar refractivity (Wildman–Crippen MR) is 107 cm³/mol. The van der Waals surface area contributed by atoms with Gasteiger partial charge in [-0.25, -0.2) is 13.2 Å². The van der Waals surface area contributed by atoms with E-state index < -0.39 is 17.5 Å². The number of benzene rings is 2. The molecule has 0 amide bonds. The van der Waals surface area contributed by atoms with Crippen molar-refractivity contribution in [3.63, 3.8) is 0 Å². The van der Waals surface area contributed by atoms with Gasteiger partial charge in [-0.1, -0.05) is 31.9 Å². The van der Waals surface area contributed by atoms with Crippen molar-refractivity contribution in [2.75, 3.05) is 0 Å². The van der Waals surface area contributed by atoms with Crippen LogP contribution in [0.25, 0.3) is 0 Å². The number of hydrogen-bond donors (Lipinski definition) is 0. The maximum Gasteiger partial charge on any atom is 0.194 e. The topological polar surface area (TPSA) is 0 Å². The van der Waals surface area contributed by atoms with Crippen LogP contribution in [0.1, 0.15) is 66.8 Å². The molecule has 0 heterocycles. The van der Waals surface area contributed by atoms with Gasteiger partial charge < -0.3 is 0 Å². The van der Waals surface area contributed by atoms with Gasteiger partial charge in [-0.3, -0.25) is 0 Å². The van der Waals surface area contributed by atoms with E-state index in [1.165, 1.54) is 37.7 Å². The molecule has 0 aliphatic heterocycles. The summed E-state index contributed by atoms with van der Waals surface area (Å²) in [6, 6.07) is 6.95. The Morgan fingerprint density at radius 1 is 0.821 bits per heavy atom. The highest BCUT2D eigenvalue weighted by Crippen LogP contribution is 2.37. The van der Waals surface area contributed by atoms with Crippen LogP contribution in [-0.2, 0) is 32.1 Å². The predicted octanol–water partition coefficient (Wildman–Crippen LogP) is 6.75. The summed E-state index contributed by atoms with van der Waals surface area (Å²) < 4.78 is 40.0. The molecule has 0 bridgehead atoms. The normalized spacial score (nSPS) is 21.3. The molecule has 0 spiro atoms. The van der Waals surface area contributed by atoms with E-state index in [2.05, 4.69) is 19.1 Å². The quantitative estimate of drug-likeness (QED) is 0.499. The number of aryl methyl sites for hydroxylation is 1. The first kappa shape index (κ1) is 19.5. The summed E-state index contributed by atoms with van der Waals surface area (Å²) in [7, 11) is 0. The molecular weight excluding hydrogens is 357 g/mol. The Hall–Kier alpha value is -1.77. The lowest BCUT2D eigenvalue weighted by molar-refractivity contribution is 0.406. The molecule has 0 saturated carbocycles. The Morgan fingerprint density at radius 2 is 1.36 bits per heavy atom. The number of hydrogen-bond acceptors (Lipinski definition) is 0. The summed E-state index contributed by atoms with van der Waals surface area (Å²) in [6.45, 7) is 2.28. The summed E-state index contributed by atoms with van der Waals surface area (Å²) in [6.07, 6.45) is 11.2. The third kappa shape index (κ3) is 3.99. The Bertz CT molecular complexity index is 832. The fraction of sp³-hybridized carbons (Fsp3) is 0.520. The van der Waals surface area contributed by atoms with Crippen LogP contribution in [0.15, 0.2) is 24.3 Å². The summed E-state index contributed by atoms with van der Waals surface area (Å²) in [5, 5.41) is 0. The van der Waals surface area contributed by atoms with Crippen LogP contribution in [0.3, 0.4) is 0 Å². The van der Waals surface area contributed by atoms with Crippen LogP contribution >= 0.6 is 0 Å². The highest BCUT2D eigenvalue weighted by molar-refractivity contribution is 5.44. The Kier molecular flexibility index (Phi) is 5.80. The van der Waals surface area contributed by atoms with Gasteiger partial charge in [-0.05, 0) is 103 Å². The average Bonchev–Trinajstić information content (AvgIpc) is 2.70. The molecule has 2 aliphatic carbocycles. The lowest BCUT2D eigenvalue weighted by Gasteiger charge is -2.32. The molecule has 0 nitrogen and oxygen atoms in total. The Labute approximate surface area is 166 Å². The van der Waals surface area contributed by atoms with Crippen molar-refractivity contribution in [2.45, 2.75) is 71.1 Å². The fourth-order valence-electron chi connectivity index (χ4n) is 5.34. The monoisotopic (exact) mass is 386 g/mol. The van der Waals surface area contributed by atoms with Gasteiger partial charge in [0, 0.05) is 0 Å². The van der Waals surface area contributed by atoms with Crippen molar-refractivity contribution >= 4 is 0 Å². The second-order valence-electron chi connectivity index (χ2n) is 8.76. The molecule has 0 N–H and O–H groups in total. The van der Waals surface area contributed by atoms with Crippen LogP contribution < -0.4 is 0 Å². The van der Waals surface area contributed by atoms with E-state index in [0.717, 1.165) is 43.7 Å². The van der Waals surface area contributed by atoms with Gasteiger partial charge in [0.25, 0.3) is 0 Å². The van der Waals surface area contributed by atoms with Gasteiger partial charge in [0.15, 0.2) is 17.5 Å². The lowest BCUT2D eigenvalue weighted by atomic mass is 9.73. The zero-order valence-corrected chi connectivity index (χ0v) is 16.7. The minimum atomic E-state index is -1.37. The molecule has 0 fully saturated rings. The molecule has 2 aromatic carbocycles. The zero-order chi connectivity index (χ0) is 19.7. The van der Waals surface area contributed by atoms with Crippen molar-refractivity contribution < 1.29 is 13.2 Å². The van der Waals surface area contributed by atoms with Crippen LogP contribution in [0, 0.1) is 29.3 Å². The molecule has 2 atom stereocenters. The second kappa shape index (κ2) is 8.31. The molecular formula is C25H29F3. The Morgan fingerprint density at radius 3 is 1.89 bits per heavy atom. The maximum absolute atomic E-state index is 13.4. The van der Waals surface area contributed by atoms with Crippen molar-refractivity contribution in [1.82, 2.24) is 0 Å². The van der Waals surface area contributed by atoms with Gasteiger partial charge in [0.05, 0.1) is 0 Å². The van der Waals surface area contributed by atoms with Gasteiger partial charge >= 0.3 is 0 Å². The molecule has 4 rings (SSSR count). The number of halogens is 3. The van der Waals surface area contributed by atoms with E-state index in [0.29, 0.717) is 17.9 Å². The summed E-state index contributed by atoms with van der Waals surface area (Å²) in [5.74, 6) is -2.17. The van der Waals surface area contributed by atoms with E-state index in [-0.39, 0.29) is 0 Å². The molecule has 2 aromatic rings. The van der Waals surface area contributed by atoms with Gasteiger partial charge in [0.1, 0.15) is 0 Å². The SMILES string of the molecule is CCCC1CCc2c(ccc3c2CCC(CCc2cc(F)c(F)c(F)c2)C3)C1. The third-order valence-electron chi connectivity index (χ3n) is 6.83. The average molecular weight is 387 g/mol. The van der Waals surface area contributed by atoms with Crippen molar-refractivity contribution in [2.24, 2.45) is 11.8 Å². The highest BCUT2D eigenvalue weighted by atomic mass is 19.2. The first-order valence-corrected chi connectivity index (χ1v) is 10.8. The first-order valence-electron chi connectivity index (χ1n) is 10.8. The summed E-state index contributed by atoms with van der Waals surface area (Å²) in [5.41, 5.74) is 6.79. The number of fused-ring (bicyclic) bond motifs is 3. The molecule has 2 unspecified atom stereocenters. The van der Waals surface area contributed by atoms with Crippen molar-refractivity contribution in [3.05, 3.63) is 69.5 Å². The zero-order valence-electron chi connectivity index (χ0n) is 16.7. The van der Waals surface area contributed by atoms with Crippen LogP contribution in [0.2, 0.25) is 0 Å². The van der Waals surface area contributed by atoms with Crippen molar-refractivity contribution in [3.8, 4) is 0 Å². The van der Waals surface area contributed by atoms with Crippen molar-refractivity contribution in [1.29, 1.82) is 0 Å². The summed E-state index contributed by atoms with van der Waals surface area (Å²) in [4.78, 5) is 0. The Balaban J connectivity index is 1.42. The molecule has 0 saturated heterocycles. The molecule has 3 heteroatoms. The summed E-state index contributed by atoms with van der Waals surface area (Å²) >= 11 is 0. The third-order valence-corrected chi connectivity index (χ3v) is 6.83. The second-order valence-corrected chi connectivity index (χ2v) is 8.76. The van der Waals surface area contributed by atoms with Crippen LogP contribution in [0.5, 0.6) is 0 Å². The smallest absolute Gasteiger partial charge is 0.194 e. The van der Waals surface area contributed by atoms with E-state index in [1.807, 2.05) is 0 Å². The van der Waals surface area contributed by atoms with Crippen LogP contribution in [-0.4, -0.2) is 0 Å². The lowest BCUT2D eigenvalue weighted by Crippen LogP contribution is -2.21. The maximum atomic E-state index is 13.4. The highest BCUT2D eigenvalue weighted by Gasteiger charge is 2.26. The molecule has 150 valence electrons. The van der Waals surface area contributed by atoms with Crippen LogP contribution in [0.4, 0.5) is 13.2 Å². The molecule has 0 radical (unpaired) electrons. The molecule has 2 aliphatic rings. The van der Waals surface area contributed by atoms with E-state index in [9.17, 15) is 13.2 Å². The number of rotatable bonds is 5. The van der Waals surface area contributed by atoms with Gasteiger partial charge in [0.2, 0.25) is 0 Å². The molecule has 28 heavy (non-hydrogen) atoms. The van der Waals surface area contributed by atoms with Gasteiger partial charge in [-0.2, -0.15) is 0 Å². The first-order chi connectivity index (χ1) is 13.5. The van der Waals surface area contributed by atoms with Gasteiger partial charge in [-0.15, -0.1) is 0 Å². The minimum Gasteiger partial charge on any atom is -0.204 e. The fourth-order valence-corrected chi connectivity index (χ4v) is 5.34. The van der Waals surface area contributed by atoms with E-state index in [4.69, 9.17) is 0 Å². The van der Waals surface area contributed by atoms with E-state index >= 15 is 0 Å².